The van der Waals surface area contributed by atoms with Crippen LogP contribution < -0.4 is 16.6 Å². The molecule has 0 bridgehead atoms. The van der Waals surface area contributed by atoms with Crippen LogP contribution in [0.1, 0.15) is 32.6 Å². The number of halogens is 1. The summed E-state index contributed by atoms with van der Waals surface area (Å²) in [7, 11) is 0. The summed E-state index contributed by atoms with van der Waals surface area (Å²) in [6.45, 7) is 3.26. The van der Waals surface area contributed by atoms with Crippen LogP contribution in [-0.2, 0) is 0 Å². The number of nitrogens with one attached hydrogen (secondary N) is 2. The van der Waals surface area contributed by atoms with Crippen molar-refractivity contribution in [2.75, 3.05) is 17.3 Å². The van der Waals surface area contributed by atoms with Gasteiger partial charge in [0.05, 0.1) is 0 Å². The molecule has 0 atom stereocenters. The fourth-order valence-corrected chi connectivity index (χ4v) is 2.76. The van der Waals surface area contributed by atoms with Crippen LogP contribution in [0.3, 0.4) is 0 Å². The Bertz CT molecular complexity index is 389. The van der Waals surface area contributed by atoms with E-state index in [1.165, 1.54) is 32.0 Å². The number of aromatic nitrogens is 2. The van der Waals surface area contributed by atoms with Gasteiger partial charge in [-0.15, -0.1) is 0 Å². The Balaban J connectivity index is 2.03. The zero-order chi connectivity index (χ0) is 12.3. The van der Waals surface area contributed by atoms with Gasteiger partial charge in [-0.25, -0.2) is 15.8 Å². The van der Waals surface area contributed by atoms with E-state index in [0.29, 0.717) is 11.2 Å². The first kappa shape index (κ1) is 12.6. The monoisotopic (exact) mass is 299 g/mol. The highest BCUT2D eigenvalue weighted by molar-refractivity contribution is 9.10. The van der Waals surface area contributed by atoms with Crippen LogP contribution >= 0.6 is 15.9 Å². The Kier molecular flexibility index (Phi) is 3.83. The minimum Gasteiger partial charge on any atom is -0.368 e. The maximum atomic E-state index is 5.37. The van der Waals surface area contributed by atoms with E-state index in [-0.39, 0.29) is 0 Å². The second-order valence-electron chi connectivity index (χ2n) is 4.90. The van der Waals surface area contributed by atoms with Gasteiger partial charge in [-0.3, -0.25) is 0 Å². The summed E-state index contributed by atoms with van der Waals surface area (Å²) in [5.74, 6) is 6.75. The molecule has 1 aromatic heterocycles. The van der Waals surface area contributed by atoms with Crippen molar-refractivity contribution in [2.45, 2.75) is 32.6 Å². The summed E-state index contributed by atoms with van der Waals surface area (Å²) in [5, 5.41) is 3.38. The predicted octanol–water partition coefficient (Wildman–Crippen LogP) is 2.52. The Morgan fingerprint density at radius 2 is 2.00 bits per heavy atom. The number of nitrogens with two attached hydrogens (primary N) is 1. The lowest BCUT2D eigenvalue weighted by Crippen LogP contribution is -2.23. The molecule has 0 radical (unpaired) electrons. The molecular weight excluding hydrogens is 282 g/mol. The summed E-state index contributed by atoms with van der Waals surface area (Å²) in [6.07, 6.45) is 6.73. The third-order valence-electron chi connectivity index (χ3n) is 3.42. The van der Waals surface area contributed by atoms with Crippen molar-refractivity contribution in [3.63, 3.8) is 0 Å². The van der Waals surface area contributed by atoms with Crippen molar-refractivity contribution in [1.29, 1.82) is 0 Å². The molecule has 0 saturated heterocycles. The van der Waals surface area contributed by atoms with Gasteiger partial charge >= 0.3 is 0 Å². The van der Waals surface area contributed by atoms with E-state index >= 15 is 0 Å². The van der Waals surface area contributed by atoms with Crippen molar-refractivity contribution in [3.8, 4) is 0 Å². The van der Waals surface area contributed by atoms with Crippen molar-refractivity contribution >= 4 is 27.6 Å². The van der Waals surface area contributed by atoms with Crippen LogP contribution in [0.15, 0.2) is 10.8 Å². The quantitative estimate of drug-likeness (QED) is 0.588. The molecule has 1 fully saturated rings. The molecule has 0 spiro atoms. The molecule has 0 amide bonds. The lowest BCUT2D eigenvalue weighted by Gasteiger charge is -2.24. The minimum absolute atomic E-state index is 0.390. The maximum Gasteiger partial charge on any atom is 0.159 e. The van der Waals surface area contributed by atoms with E-state index in [1.54, 1.807) is 0 Å². The highest BCUT2D eigenvalue weighted by Crippen LogP contribution is 2.38. The van der Waals surface area contributed by atoms with Crippen molar-refractivity contribution in [1.82, 2.24) is 9.97 Å². The number of anilines is 2. The van der Waals surface area contributed by atoms with Gasteiger partial charge in [-0.2, -0.15) is 0 Å². The van der Waals surface area contributed by atoms with Crippen LogP contribution in [0.4, 0.5) is 11.6 Å². The first-order valence-electron chi connectivity index (χ1n) is 5.86. The zero-order valence-electron chi connectivity index (χ0n) is 9.96. The number of hydrogen-bond acceptors (Lipinski definition) is 5. The molecule has 1 aliphatic carbocycles. The summed E-state index contributed by atoms with van der Waals surface area (Å²) in [6, 6.07) is 0. The lowest BCUT2D eigenvalue weighted by molar-refractivity contribution is 0.361. The summed E-state index contributed by atoms with van der Waals surface area (Å²) in [5.41, 5.74) is 2.92. The van der Waals surface area contributed by atoms with Gasteiger partial charge in [0.1, 0.15) is 16.6 Å². The van der Waals surface area contributed by atoms with Gasteiger partial charge in [-0.1, -0.05) is 19.8 Å². The molecule has 94 valence electrons. The Labute approximate surface area is 110 Å². The van der Waals surface area contributed by atoms with Crippen LogP contribution in [-0.4, -0.2) is 16.5 Å². The van der Waals surface area contributed by atoms with Gasteiger partial charge < -0.3 is 10.7 Å². The molecule has 6 heteroatoms. The molecule has 1 aliphatic rings. The Hall–Kier alpha value is -0.880. The number of hydrogen-bond donors (Lipinski definition) is 3. The van der Waals surface area contributed by atoms with Gasteiger partial charge in [0, 0.05) is 6.54 Å². The molecule has 1 saturated carbocycles. The predicted molar refractivity (Wildman–Crippen MR) is 72.6 cm³/mol. The molecule has 5 nitrogen and oxygen atoms in total. The fraction of sp³-hybridized carbons (Fsp3) is 0.636. The molecule has 17 heavy (non-hydrogen) atoms. The number of rotatable bonds is 4. The van der Waals surface area contributed by atoms with Crippen molar-refractivity contribution < 1.29 is 0 Å². The molecule has 0 unspecified atom stereocenters. The highest BCUT2D eigenvalue weighted by Gasteiger charge is 2.28. The maximum absolute atomic E-state index is 5.37. The van der Waals surface area contributed by atoms with E-state index in [0.717, 1.165) is 16.8 Å². The van der Waals surface area contributed by atoms with Crippen LogP contribution in [0.5, 0.6) is 0 Å². The van der Waals surface area contributed by atoms with E-state index in [1.807, 2.05) is 0 Å². The van der Waals surface area contributed by atoms with E-state index in [2.05, 4.69) is 43.6 Å². The average molecular weight is 300 g/mol. The van der Waals surface area contributed by atoms with Crippen molar-refractivity contribution in [2.24, 2.45) is 11.3 Å². The summed E-state index contributed by atoms with van der Waals surface area (Å²) < 4.78 is 0.782. The molecule has 0 aromatic carbocycles. The van der Waals surface area contributed by atoms with Gasteiger partial charge in [0.2, 0.25) is 0 Å². The first-order valence-corrected chi connectivity index (χ1v) is 6.65. The van der Waals surface area contributed by atoms with Gasteiger partial charge in [0.15, 0.2) is 5.82 Å². The third kappa shape index (κ3) is 2.87. The number of hydrazine groups is 1. The standard InChI is InChI=1S/C11H18BrN5/c1-11(4-2-3-5-11)6-14-9-8(12)10(17-13)16-7-15-9/h7H,2-6,13H2,1H3,(H2,14,15,16,17). The molecule has 0 aliphatic heterocycles. The van der Waals surface area contributed by atoms with Gasteiger partial charge in [0.25, 0.3) is 0 Å². The Morgan fingerprint density at radius 3 is 2.65 bits per heavy atom. The third-order valence-corrected chi connectivity index (χ3v) is 4.17. The number of nitrogens with zero attached hydrogens (tertiary/aromatic N) is 2. The van der Waals surface area contributed by atoms with Crippen LogP contribution in [0.25, 0.3) is 0 Å². The molecular formula is C11H18BrN5. The van der Waals surface area contributed by atoms with E-state index in [9.17, 15) is 0 Å². The topological polar surface area (TPSA) is 75.9 Å². The zero-order valence-corrected chi connectivity index (χ0v) is 11.5. The second-order valence-corrected chi connectivity index (χ2v) is 5.69. The molecule has 1 aromatic rings. The Morgan fingerprint density at radius 1 is 1.35 bits per heavy atom. The molecule has 2 rings (SSSR count). The van der Waals surface area contributed by atoms with E-state index < -0.39 is 0 Å². The largest absolute Gasteiger partial charge is 0.368 e. The minimum atomic E-state index is 0.390. The lowest BCUT2D eigenvalue weighted by atomic mass is 9.89. The van der Waals surface area contributed by atoms with Crippen molar-refractivity contribution in [3.05, 3.63) is 10.8 Å². The summed E-state index contributed by atoms with van der Waals surface area (Å²) in [4.78, 5) is 8.23. The summed E-state index contributed by atoms with van der Waals surface area (Å²) >= 11 is 3.44. The van der Waals surface area contributed by atoms with Crippen LogP contribution in [0.2, 0.25) is 0 Å². The molecule has 4 N–H and O–H groups in total. The second kappa shape index (κ2) is 5.18. The van der Waals surface area contributed by atoms with Gasteiger partial charge in [-0.05, 0) is 34.2 Å². The normalized spacial score (nSPS) is 18.1. The highest BCUT2D eigenvalue weighted by atomic mass is 79.9. The average Bonchev–Trinajstić information content (AvgIpc) is 2.75. The van der Waals surface area contributed by atoms with Crippen LogP contribution in [0, 0.1) is 5.41 Å². The number of nitrogen functional groups attached to an aromatic ring is 1. The fourth-order valence-electron chi connectivity index (χ4n) is 2.30. The van der Waals surface area contributed by atoms with E-state index in [4.69, 9.17) is 5.84 Å². The first-order chi connectivity index (χ1) is 8.14. The SMILES string of the molecule is CC1(CNc2ncnc(NN)c2Br)CCCC1. The molecule has 1 heterocycles. The smallest absolute Gasteiger partial charge is 0.159 e.